The Labute approximate surface area is 116 Å². The Balaban J connectivity index is 1.61. The standard InChI is InChI=1S/C14H16FN3O2/c15-11-3-1-2-4-12(11)19-9-13-17-14(18-20-13)10-5-7-16-8-6-10/h1-4,10,16H,5-9H2. The molecule has 6 heteroatoms. The van der Waals surface area contributed by atoms with Crippen molar-refractivity contribution in [1.82, 2.24) is 15.5 Å². The van der Waals surface area contributed by atoms with Gasteiger partial charge in [0.05, 0.1) is 0 Å². The van der Waals surface area contributed by atoms with Gasteiger partial charge in [-0.15, -0.1) is 0 Å². The van der Waals surface area contributed by atoms with Crippen molar-refractivity contribution in [3.63, 3.8) is 0 Å². The molecule has 0 bridgehead atoms. The second kappa shape index (κ2) is 6.00. The van der Waals surface area contributed by atoms with Crippen LogP contribution in [0.5, 0.6) is 5.75 Å². The fourth-order valence-electron chi connectivity index (χ4n) is 2.27. The van der Waals surface area contributed by atoms with Crippen LogP contribution in [-0.2, 0) is 6.61 Å². The van der Waals surface area contributed by atoms with Gasteiger partial charge in [-0.1, -0.05) is 17.3 Å². The van der Waals surface area contributed by atoms with Crippen LogP contribution in [0.4, 0.5) is 4.39 Å². The lowest BCUT2D eigenvalue weighted by atomic mass is 9.98. The summed E-state index contributed by atoms with van der Waals surface area (Å²) in [5.74, 6) is 1.22. The minimum Gasteiger partial charge on any atom is -0.481 e. The topological polar surface area (TPSA) is 60.2 Å². The van der Waals surface area contributed by atoms with Gasteiger partial charge < -0.3 is 14.6 Å². The van der Waals surface area contributed by atoms with Crippen LogP contribution in [0, 0.1) is 5.82 Å². The van der Waals surface area contributed by atoms with Gasteiger partial charge in [-0.3, -0.25) is 0 Å². The predicted molar refractivity (Wildman–Crippen MR) is 69.9 cm³/mol. The molecule has 1 saturated heterocycles. The molecule has 0 saturated carbocycles. The summed E-state index contributed by atoms with van der Waals surface area (Å²) in [5.41, 5.74) is 0. The third-order valence-corrected chi connectivity index (χ3v) is 3.38. The molecular formula is C14H16FN3O2. The molecule has 0 radical (unpaired) electrons. The minimum absolute atomic E-state index is 0.0822. The molecule has 0 amide bonds. The van der Waals surface area contributed by atoms with Crippen molar-refractivity contribution in [3.8, 4) is 5.75 Å². The molecule has 1 aliphatic heterocycles. The van der Waals surface area contributed by atoms with Crippen LogP contribution in [0.1, 0.15) is 30.5 Å². The molecule has 1 aliphatic rings. The van der Waals surface area contributed by atoms with E-state index in [1.165, 1.54) is 6.07 Å². The lowest BCUT2D eigenvalue weighted by Gasteiger charge is -2.18. The Hall–Kier alpha value is -1.95. The third-order valence-electron chi connectivity index (χ3n) is 3.38. The summed E-state index contributed by atoms with van der Waals surface area (Å²) in [5, 5.41) is 7.28. The number of benzene rings is 1. The van der Waals surface area contributed by atoms with Gasteiger partial charge in [0, 0.05) is 5.92 Å². The molecule has 1 aromatic carbocycles. The van der Waals surface area contributed by atoms with Crippen molar-refractivity contribution >= 4 is 0 Å². The first-order chi connectivity index (χ1) is 9.83. The normalized spacial score (nSPS) is 16.2. The van der Waals surface area contributed by atoms with Crippen molar-refractivity contribution in [1.29, 1.82) is 0 Å². The van der Waals surface area contributed by atoms with Crippen molar-refractivity contribution in [3.05, 3.63) is 41.8 Å². The van der Waals surface area contributed by atoms with Crippen molar-refractivity contribution < 1.29 is 13.7 Å². The first kappa shape index (κ1) is 13.1. The monoisotopic (exact) mass is 277 g/mol. The average molecular weight is 277 g/mol. The number of para-hydroxylation sites is 1. The van der Waals surface area contributed by atoms with Crippen LogP contribution in [0.3, 0.4) is 0 Å². The van der Waals surface area contributed by atoms with Crippen molar-refractivity contribution in [2.24, 2.45) is 0 Å². The molecule has 3 rings (SSSR count). The Morgan fingerprint density at radius 2 is 2.10 bits per heavy atom. The van der Waals surface area contributed by atoms with Gasteiger partial charge in [-0.25, -0.2) is 4.39 Å². The fraction of sp³-hybridized carbons (Fsp3) is 0.429. The number of hydrogen-bond acceptors (Lipinski definition) is 5. The summed E-state index contributed by atoms with van der Waals surface area (Å²) in [4.78, 5) is 4.33. The molecule has 1 aromatic heterocycles. The van der Waals surface area contributed by atoms with Gasteiger partial charge in [-0.2, -0.15) is 4.98 Å². The number of nitrogens with one attached hydrogen (secondary N) is 1. The summed E-state index contributed by atoms with van der Waals surface area (Å²) in [6.45, 7) is 2.03. The van der Waals surface area contributed by atoms with E-state index in [0.29, 0.717) is 11.8 Å². The maximum atomic E-state index is 13.4. The van der Waals surface area contributed by atoms with E-state index in [2.05, 4.69) is 15.5 Å². The second-order valence-electron chi connectivity index (χ2n) is 4.79. The summed E-state index contributed by atoms with van der Waals surface area (Å²) >= 11 is 0. The molecule has 1 N–H and O–H groups in total. The number of ether oxygens (including phenoxy) is 1. The number of aromatic nitrogens is 2. The first-order valence-corrected chi connectivity index (χ1v) is 6.73. The molecule has 0 spiro atoms. The fourth-order valence-corrected chi connectivity index (χ4v) is 2.27. The Kier molecular flexibility index (Phi) is 3.92. The van der Waals surface area contributed by atoms with Crippen LogP contribution in [0.15, 0.2) is 28.8 Å². The van der Waals surface area contributed by atoms with Crippen molar-refractivity contribution in [2.75, 3.05) is 13.1 Å². The molecule has 2 aromatic rings. The van der Waals surface area contributed by atoms with E-state index in [0.717, 1.165) is 31.8 Å². The maximum absolute atomic E-state index is 13.4. The lowest BCUT2D eigenvalue weighted by Crippen LogP contribution is -2.27. The van der Waals surface area contributed by atoms with Gasteiger partial charge in [0.15, 0.2) is 24.0 Å². The van der Waals surface area contributed by atoms with Gasteiger partial charge in [-0.05, 0) is 38.1 Å². The molecule has 5 nitrogen and oxygen atoms in total. The summed E-state index contributed by atoms with van der Waals surface area (Å²) in [6.07, 6.45) is 2.01. The smallest absolute Gasteiger partial charge is 0.264 e. The molecule has 0 atom stereocenters. The van der Waals surface area contributed by atoms with Gasteiger partial charge in [0.2, 0.25) is 0 Å². The van der Waals surface area contributed by atoms with Crippen LogP contribution >= 0.6 is 0 Å². The zero-order chi connectivity index (χ0) is 13.8. The molecule has 1 fully saturated rings. The van der Waals surface area contributed by atoms with E-state index >= 15 is 0 Å². The Morgan fingerprint density at radius 3 is 2.90 bits per heavy atom. The highest BCUT2D eigenvalue weighted by atomic mass is 19.1. The number of piperidine rings is 1. The number of hydrogen-bond donors (Lipinski definition) is 1. The highest BCUT2D eigenvalue weighted by Gasteiger charge is 2.20. The molecule has 2 heterocycles. The summed E-state index contributed by atoms with van der Waals surface area (Å²) < 4.78 is 23.9. The summed E-state index contributed by atoms with van der Waals surface area (Å²) in [7, 11) is 0. The molecule has 20 heavy (non-hydrogen) atoms. The molecule has 0 aliphatic carbocycles. The second-order valence-corrected chi connectivity index (χ2v) is 4.79. The third kappa shape index (κ3) is 2.96. The molecular weight excluding hydrogens is 261 g/mol. The zero-order valence-electron chi connectivity index (χ0n) is 11.0. The maximum Gasteiger partial charge on any atom is 0.264 e. The van der Waals surface area contributed by atoms with E-state index in [-0.39, 0.29) is 12.4 Å². The van der Waals surface area contributed by atoms with E-state index in [9.17, 15) is 4.39 Å². The van der Waals surface area contributed by atoms with Crippen molar-refractivity contribution in [2.45, 2.75) is 25.4 Å². The average Bonchev–Trinajstić information content (AvgIpc) is 2.96. The summed E-state index contributed by atoms with van der Waals surface area (Å²) in [6, 6.07) is 6.25. The highest BCUT2D eigenvalue weighted by Crippen LogP contribution is 2.23. The Bertz CT molecular complexity index is 567. The van der Waals surface area contributed by atoms with Gasteiger partial charge in [0.25, 0.3) is 5.89 Å². The van der Waals surface area contributed by atoms with Crippen LogP contribution in [0.25, 0.3) is 0 Å². The number of rotatable bonds is 4. The number of halogens is 1. The van der Waals surface area contributed by atoms with Gasteiger partial charge in [0.1, 0.15) is 0 Å². The largest absolute Gasteiger partial charge is 0.481 e. The Morgan fingerprint density at radius 1 is 1.30 bits per heavy atom. The molecule has 0 unspecified atom stereocenters. The highest BCUT2D eigenvalue weighted by molar-refractivity contribution is 5.23. The van der Waals surface area contributed by atoms with E-state index in [1.807, 2.05) is 0 Å². The van der Waals surface area contributed by atoms with E-state index in [1.54, 1.807) is 18.2 Å². The minimum atomic E-state index is -0.398. The van der Waals surface area contributed by atoms with E-state index in [4.69, 9.17) is 9.26 Å². The number of nitrogens with zero attached hydrogens (tertiary/aromatic N) is 2. The quantitative estimate of drug-likeness (QED) is 0.928. The van der Waals surface area contributed by atoms with E-state index < -0.39 is 5.82 Å². The SMILES string of the molecule is Fc1ccccc1OCc1nc(C2CCNCC2)no1. The van der Waals surface area contributed by atoms with Crippen LogP contribution < -0.4 is 10.1 Å². The lowest BCUT2D eigenvalue weighted by molar-refractivity contribution is 0.233. The van der Waals surface area contributed by atoms with Crippen LogP contribution in [-0.4, -0.2) is 23.2 Å². The van der Waals surface area contributed by atoms with Crippen LogP contribution in [0.2, 0.25) is 0 Å². The van der Waals surface area contributed by atoms with Gasteiger partial charge >= 0.3 is 0 Å². The molecule has 106 valence electrons. The predicted octanol–water partition coefficient (Wildman–Crippen LogP) is 2.25. The zero-order valence-corrected chi connectivity index (χ0v) is 11.0. The first-order valence-electron chi connectivity index (χ1n) is 6.73.